The fraction of sp³-hybridized carbons (Fsp3) is 0.480. The van der Waals surface area contributed by atoms with Gasteiger partial charge in [0.05, 0.1) is 0 Å². The summed E-state index contributed by atoms with van der Waals surface area (Å²) in [6.45, 7) is 5.44. The summed E-state index contributed by atoms with van der Waals surface area (Å²) in [5, 5.41) is 0. The zero-order valence-electron chi connectivity index (χ0n) is 17.3. The molecule has 3 nitrogen and oxygen atoms in total. The standard InChI is InChI=1S/C25H33NO2/c1-20(2)26(25(27)17-14-21-8-6-7-9-21)18-22-12-15-24(16-13-22)28-19-23-10-4-3-5-11-23/h3-5,10-13,15-16,20-21H,6-9,14,17-19H2,1-2H3. The lowest BCUT2D eigenvalue weighted by molar-refractivity contribution is -0.133. The number of hydrogen-bond donors (Lipinski definition) is 0. The van der Waals surface area contributed by atoms with E-state index in [0.717, 1.165) is 29.2 Å². The second-order valence-corrected chi connectivity index (χ2v) is 8.22. The van der Waals surface area contributed by atoms with Crippen LogP contribution in [0.1, 0.15) is 63.5 Å². The number of rotatable bonds is 9. The summed E-state index contributed by atoms with van der Waals surface area (Å²) in [5.41, 5.74) is 2.31. The molecule has 3 rings (SSSR count). The third-order valence-electron chi connectivity index (χ3n) is 5.71. The lowest BCUT2D eigenvalue weighted by atomic mass is 10.0. The molecule has 0 radical (unpaired) electrons. The highest BCUT2D eigenvalue weighted by molar-refractivity contribution is 5.76. The van der Waals surface area contributed by atoms with Gasteiger partial charge in [-0.25, -0.2) is 0 Å². The van der Waals surface area contributed by atoms with Crippen molar-refractivity contribution in [2.75, 3.05) is 0 Å². The molecule has 150 valence electrons. The fourth-order valence-electron chi connectivity index (χ4n) is 3.96. The van der Waals surface area contributed by atoms with Crippen LogP contribution in [-0.2, 0) is 17.9 Å². The van der Waals surface area contributed by atoms with Gasteiger partial charge < -0.3 is 9.64 Å². The minimum atomic E-state index is 0.213. The number of benzene rings is 2. The molecule has 0 N–H and O–H groups in total. The maximum atomic E-state index is 12.8. The minimum absolute atomic E-state index is 0.213. The van der Waals surface area contributed by atoms with Crippen molar-refractivity contribution in [2.45, 2.75) is 71.6 Å². The molecule has 28 heavy (non-hydrogen) atoms. The zero-order chi connectivity index (χ0) is 19.8. The Labute approximate surface area is 169 Å². The number of carbonyl (C=O) groups is 1. The maximum Gasteiger partial charge on any atom is 0.223 e. The average Bonchev–Trinajstić information content (AvgIpc) is 3.24. The Morgan fingerprint density at radius 3 is 2.32 bits per heavy atom. The number of amides is 1. The zero-order valence-corrected chi connectivity index (χ0v) is 17.3. The van der Waals surface area contributed by atoms with Gasteiger partial charge in [0.1, 0.15) is 12.4 Å². The summed E-state index contributed by atoms with van der Waals surface area (Å²) in [6.07, 6.45) is 7.02. The van der Waals surface area contributed by atoms with Crippen molar-refractivity contribution in [3.63, 3.8) is 0 Å². The van der Waals surface area contributed by atoms with Crippen LogP contribution in [0.25, 0.3) is 0 Å². The van der Waals surface area contributed by atoms with E-state index in [1.807, 2.05) is 35.2 Å². The van der Waals surface area contributed by atoms with Crippen LogP contribution in [0.5, 0.6) is 5.75 Å². The largest absolute Gasteiger partial charge is 0.489 e. The summed E-state index contributed by atoms with van der Waals surface area (Å²) in [6, 6.07) is 18.5. The minimum Gasteiger partial charge on any atom is -0.489 e. The summed E-state index contributed by atoms with van der Waals surface area (Å²) < 4.78 is 5.86. The predicted molar refractivity (Wildman–Crippen MR) is 114 cm³/mol. The third-order valence-corrected chi connectivity index (χ3v) is 5.71. The maximum absolute atomic E-state index is 12.8. The van der Waals surface area contributed by atoms with Crippen molar-refractivity contribution in [1.82, 2.24) is 4.90 Å². The smallest absolute Gasteiger partial charge is 0.223 e. The van der Waals surface area contributed by atoms with Crippen LogP contribution < -0.4 is 4.74 Å². The van der Waals surface area contributed by atoms with Crippen molar-refractivity contribution >= 4 is 5.91 Å². The normalized spacial score (nSPS) is 14.4. The van der Waals surface area contributed by atoms with Crippen molar-refractivity contribution < 1.29 is 9.53 Å². The van der Waals surface area contributed by atoms with E-state index in [-0.39, 0.29) is 11.9 Å². The molecule has 1 aliphatic rings. The highest BCUT2D eigenvalue weighted by Gasteiger charge is 2.21. The molecule has 1 amide bonds. The SMILES string of the molecule is CC(C)N(Cc1ccc(OCc2ccccc2)cc1)C(=O)CCC1CCCC1. The quantitative estimate of drug-likeness (QED) is 0.537. The number of nitrogens with zero attached hydrogens (tertiary/aromatic N) is 1. The summed E-state index contributed by atoms with van der Waals surface area (Å²) in [5.74, 6) is 1.90. The summed E-state index contributed by atoms with van der Waals surface area (Å²) in [4.78, 5) is 14.8. The van der Waals surface area contributed by atoms with Gasteiger partial charge in [-0.05, 0) is 49.4 Å². The van der Waals surface area contributed by atoms with Gasteiger partial charge in [-0.2, -0.15) is 0 Å². The molecule has 1 aliphatic carbocycles. The molecular formula is C25H33NO2. The molecule has 3 heteroatoms. The van der Waals surface area contributed by atoms with E-state index in [0.29, 0.717) is 19.6 Å². The lowest BCUT2D eigenvalue weighted by Crippen LogP contribution is -2.36. The van der Waals surface area contributed by atoms with Gasteiger partial charge >= 0.3 is 0 Å². The van der Waals surface area contributed by atoms with Gasteiger partial charge in [-0.15, -0.1) is 0 Å². The molecule has 0 aromatic heterocycles. The van der Waals surface area contributed by atoms with E-state index in [4.69, 9.17) is 4.74 Å². The molecule has 2 aromatic rings. The number of carbonyl (C=O) groups excluding carboxylic acids is 1. The van der Waals surface area contributed by atoms with Crippen LogP contribution in [-0.4, -0.2) is 16.8 Å². The Kier molecular flexibility index (Phi) is 7.53. The monoisotopic (exact) mass is 379 g/mol. The molecule has 1 fully saturated rings. The number of hydrogen-bond acceptors (Lipinski definition) is 2. The Hall–Kier alpha value is -2.29. The second kappa shape index (κ2) is 10.3. The molecule has 0 bridgehead atoms. The highest BCUT2D eigenvalue weighted by atomic mass is 16.5. The first-order chi connectivity index (χ1) is 13.6. The average molecular weight is 380 g/mol. The third kappa shape index (κ3) is 6.12. The van der Waals surface area contributed by atoms with E-state index in [9.17, 15) is 4.79 Å². The topological polar surface area (TPSA) is 29.5 Å². The first kappa shape index (κ1) is 20.4. The Balaban J connectivity index is 1.51. The van der Waals surface area contributed by atoms with Crippen LogP contribution in [0.3, 0.4) is 0 Å². The highest BCUT2D eigenvalue weighted by Crippen LogP contribution is 2.29. The van der Waals surface area contributed by atoms with E-state index in [1.54, 1.807) is 0 Å². The summed E-state index contributed by atoms with van der Waals surface area (Å²) >= 11 is 0. The molecule has 0 saturated heterocycles. The van der Waals surface area contributed by atoms with Gasteiger partial charge in [-0.1, -0.05) is 68.1 Å². The Morgan fingerprint density at radius 1 is 1.00 bits per heavy atom. The van der Waals surface area contributed by atoms with Gasteiger partial charge in [0, 0.05) is 19.0 Å². The predicted octanol–water partition coefficient (Wildman–Crippen LogP) is 5.97. The fourth-order valence-corrected chi connectivity index (χ4v) is 3.96. The second-order valence-electron chi connectivity index (χ2n) is 8.22. The summed E-state index contributed by atoms with van der Waals surface area (Å²) in [7, 11) is 0. The van der Waals surface area contributed by atoms with E-state index >= 15 is 0 Å². The van der Waals surface area contributed by atoms with Crippen molar-refractivity contribution in [2.24, 2.45) is 5.92 Å². The van der Waals surface area contributed by atoms with E-state index in [2.05, 4.69) is 38.1 Å². The van der Waals surface area contributed by atoms with Gasteiger partial charge in [-0.3, -0.25) is 4.79 Å². The van der Waals surface area contributed by atoms with E-state index < -0.39 is 0 Å². The molecule has 0 spiro atoms. The van der Waals surface area contributed by atoms with Crippen LogP contribution >= 0.6 is 0 Å². The van der Waals surface area contributed by atoms with Crippen LogP contribution in [0.4, 0.5) is 0 Å². The van der Waals surface area contributed by atoms with Crippen molar-refractivity contribution in [1.29, 1.82) is 0 Å². The molecule has 0 unspecified atom stereocenters. The molecular weight excluding hydrogens is 346 g/mol. The Bertz CT molecular complexity index is 718. The van der Waals surface area contributed by atoms with Crippen LogP contribution in [0.15, 0.2) is 54.6 Å². The Morgan fingerprint density at radius 2 is 1.68 bits per heavy atom. The lowest BCUT2D eigenvalue weighted by Gasteiger charge is -2.27. The molecule has 1 saturated carbocycles. The van der Waals surface area contributed by atoms with Crippen molar-refractivity contribution in [3.8, 4) is 5.75 Å². The molecule has 2 aromatic carbocycles. The molecule has 0 atom stereocenters. The molecule has 0 aliphatic heterocycles. The van der Waals surface area contributed by atoms with Crippen LogP contribution in [0.2, 0.25) is 0 Å². The first-order valence-electron chi connectivity index (χ1n) is 10.7. The molecule has 0 heterocycles. The van der Waals surface area contributed by atoms with Gasteiger partial charge in [0.2, 0.25) is 5.91 Å². The van der Waals surface area contributed by atoms with Crippen molar-refractivity contribution in [3.05, 3.63) is 65.7 Å². The van der Waals surface area contributed by atoms with Crippen LogP contribution in [0, 0.1) is 5.92 Å². The first-order valence-corrected chi connectivity index (χ1v) is 10.7. The van der Waals surface area contributed by atoms with E-state index in [1.165, 1.54) is 25.7 Å². The van der Waals surface area contributed by atoms with Gasteiger partial charge in [0.25, 0.3) is 0 Å². The van der Waals surface area contributed by atoms with Gasteiger partial charge in [0.15, 0.2) is 0 Å². The number of ether oxygens (including phenoxy) is 1.